The topological polar surface area (TPSA) is 54.9 Å². The van der Waals surface area contributed by atoms with Gasteiger partial charge >= 0.3 is 0 Å². The number of guanidine groups is 1. The average Bonchev–Trinajstić information content (AvgIpc) is 3.01. The lowest BCUT2D eigenvalue weighted by atomic mass is 9.46. The fourth-order valence-corrected chi connectivity index (χ4v) is 4.86. The molecule has 144 valence electrons. The molecule has 0 bridgehead atoms. The fourth-order valence-electron chi connectivity index (χ4n) is 4.86. The van der Waals surface area contributed by atoms with Crippen molar-refractivity contribution in [1.29, 1.82) is 0 Å². The molecule has 4 rings (SSSR count). The molecule has 2 saturated carbocycles. The number of hydrogen-bond donors (Lipinski definition) is 2. The lowest BCUT2D eigenvalue weighted by Gasteiger charge is -2.63. The van der Waals surface area contributed by atoms with E-state index in [0.717, 1.165) is 30.4 Å². The Hall–Kier alpha value is -1.02. The molecule has 1 spiro atoms. The van der Waals surface area contributed by atoms with E-state index in [4.69, 9.17) is 14.5 Å². The molecule has 0 aromatic heterocycles. The third-order valence-corrected chi connectivity index (χ3v) is 6.23. The van der Waals surface area contributed by atoms with E-state index in [9.17, 15) is 0 Å². The Kier molecular flexibility index (Phi) is 6.33. The van der Waals surface area contributed by atoms with Crippen LogP contribution in [-0.4, -0.2) is 38.4 Å². The molecule has 1 aromatic carbocycles. The zero-order valence-electron chi connectivity index (χ0n) is 15.7. The van der Waals surface area contributed by atoms with E-state index in [1.807, 2.05) is 18.2 Å². The Labute approximate surface area is 173 Å². The summed E-state index contributed by atoms with van der Waals surface area (Å²) in [5.74, 6) is 2.46. The van der Waals surface area contributed by atoms with E-state index in [2.05, 4.69) is 23.6 Å². The molecule has 1 aromatic rings. The van der Waals surface area contributed by atoms with Crippen molar-refractivity contribution in [3.8, 4) is 5.75 Å². The highest BCUT2D eigenvalue weighted by Crippen LogP contribution is 2.62. The molecule has 1 heterocycles. The summed E-state index contributed by atoms with van der Waals surface area (Å²) in [5.41, 5.74) is 1.53. The zero-order valence-corrected chi connectivity index (χ0v) is 18.0. The van der Waals surface area contributed by atoms with Crippen LogP contribution >= 0.6 is 24.0 Å². The van der Waals surface area contributed by atoms with Gasteiger partial charge in [-0.25, -0.2) is 4.99 Å². The second-order valence-electron chi connectivity index (χ2n) is 7.50. The van der Waals surface area contributed by atoms with E-state index in [0.29, 0.717) is 30.0 Å². The number of rotatable bonds is 5. The molecule has 3 aliphatic rings. The van der Waals surface area contributed by atoms with Crippen molar-refractivity contribution in [3.63, 3.8) is 0 Å². The van der Waals surface area contributed by atoms with Gasteiger partial charge in [0.25, 0.3) is 0 Å². The first-order valence-corrected chi connectivity index (χ1v) is 9.56. The van der Waals surface area contributed by atoms with Gasteiger partial charge in [0.15, 0.2) is 5.96 Å². The Morgan fingerprint density at radius 2 is 2.23 bits per heavy atom. The predicted octanol–water partition coefficient (Wildman–Crippen LogP) is 3.33. The molecule has 5 nitrogen and oxygen atoms in total. The molecule has 1 saturated heterocycles. The first-order valence-electron chi connectivity index (χ1n) is 9.56. The van der Waals surface area contributed by atoms with Crippen molar-refractivity contribution in [3.05, 3.63) is 29.8 Å². The number of nitrogens with one attached hydrogen (secondary N) is 2. The molecule has 1 aliphatic heterocycles. The molecule has 3 unspecified atom stereocenters. The molecule has 0 amide bonds. The molecular weight excluding hydrogens is 441 g/mol. The maximum atomic E-state index is 6.02. The summed E-state index contributed by atoms with van der Waals surface area (Å²) in [4.78, 5) is 4.82. The standard InChI is InChI=1S/C20H29N3O2.HI/c1-3-21-19(22-13-14-6-4-7-15(12-14)24-2)23-17-16-8-11-25-18(16)20(17)9-5-10-20;/h4,6-7,12,16-18H,3,5,8-11,13H2,1-2H3,(H2,21,22,23);1H. The molecule has 26 heavy (non-hydrogen) atoms. The Balaban J connectivity index is 0.00000196. The summed E-state index contributed by atoms with van der Waals surface area (Å²) >= 11 is 0. The molecule has 2 aliphatic carbocycles. The SMILES string of the molecule is CCNC(=NCc1cccc(OC)c1)NC1C2CCOC2C12CCC2.I. The molecule has 0 radical (unpaired) electrons. The number of benzene rings is 1. The minimum atomic E-state index is 0. The normalized spacial score (nSPS) is 28.4. The quantitative estimate of drug-likeness (QED) is 0.393. The fraction of sp³-hybridized carbons (Fsp3) is 0.650. The number of nitrogens with zero attached hydrogens (tertiary/aromatic N) is 1. The van der Waals surface area contributed by atoms with Crippen LogP contribution in [0, 0.1) is 11.3 Å². The van der Waals surface area contributed by atoms with Gasteiger partial charge in [-0.05, 0) is 43.9 Å². The van der Waals surface area contributed by atoms with Crippen LogP contribution in [0.15, 0.2) is 29.3 Å². The summed E-state index contributed by atoms with van der Waals surface area (Å²) in [5, 5.41) is 7.16. The number of halogens is 1. The van der Waals surface area contributed by atoms with Gasteiger partial charge in [0.05, 0.1) is 19.8 Å². The Morgan fingerprint density at radius 1 is 1.38 bits per heavy atom. The van der Waals surface area contributed by atoms with E-state index in [1.54, 1.807) is 7.11 Å². The van der Waals surface area contributed by atoms with Crippen LogP contribution in [0.25, 0.3) is 0 Å². The van der Waals surface area contributed by atoms with Gasteiger partial charge in [0, 0.05) is 30.5 Å². The van der Waals surface area contributed by atoms with E-state index >= 15 is 0 Å². The van der Waals surface area contributed by atoms with Crippen molar-refractivity contribution in [2.75, 3.05) is 20.3 Å². The highest BCUT2D eigenvalue weighted by Gasteiger charge is 2.66. The van der Waals surface area contributed by atoms with Gasteiger partial charge in [0.1, 0.15) is 5.75 Å². The van der Waals surface area contributed by atoms with Gasteiger partial charge in [-0.1, -0.05) is 18.6 Å². The summed E-state index contributed by atoms with van der Waals surface area (Å²) in [7, 11) is 1.70. The minimum Gasteiger partial charge on any atom is -0.497 e. The van der Waals surface area contributed by atoms with Crippen LogP contribution < -0.4 is 15.4 Å². The largest absolute Gasteiger partial charge is 0.497 e. The third kappa shape index (κ3) is 3.42. The predicted molar refractivity (Wildman–Crippen MR) is 114 cm³/mol. The lowest BCUT2D eigenvalue weighted by molar-refractivity contribution is -0.171. The summed E-state index contributed by atoms with van der Waals surface area (Å²) < 4.78 is 11.3. The lowest BCUT2D eigenvalue weighted by Crippen LogP contribution is -2.72. The van der Waals surface area contributed by atoms with Gasteiger partial charge in [-0.2, -0.15) is 0 Å². The molecule has 6 heteroatoms. The van der Waals surface area contributed by atoms with Crippen molar-refractivity contribution in [1.82, 2.24) is 10.6 Å². The molecule has 3 fully saturated rings. The average molecular weight is 471 g/mol. The van der Waals surface area contributed by atoms with Gasteiger partial charge in [-0.15, -0.1) is 24.0 Å². The van der Waals surface area contributed by atoms with E-state index < -0.39 is 0 Å². The van der Waals surface area contributed by atoms with Gasteiger partial charge in [-0.3, -0.25) is 0 Å². The number of methoxy groups -OCH3 is 1. The zero-order chi connectivity index (χ0) is 17.3. The van der Waals surface area contributed by atoms with E-state index in [1.165, 1.54) is 25.7 Å². The number of ether oxygens (including phenoxy) is 2. The minimum absolute atomic E-state index is 0. The first-order chi connectivity index (χ1) is 12.3. The molecule has 3 atom stereocenters. The van der Waals surface area contributed by atoms with Crippen LogP contribution in [0.1, 0.15) is 38.2 Å². The smallest absolute Gasteiger partial charge is 0.191 e. The van der Waals surface area contributed by atoms with Crippen molar-refractivity contribution >= 4 is 29.9 Å². The second kappa shape index (κ2) is 8.33. The van der Waals surface area contributed by atoms with Crippen LogP contribution in [0.5, 0.6) is 5.75 Å². The van der Waals surface area contributed by atoms with Crippen LogP contribution in [0.3, 0.4) is 0 Å². The summed E-state index contributed by atoms with van der Waals surface area (Å²) in [6.45, 7) is 4.56. The van der Waals surface area contributed by atoms with Crippen molar-refractivity contribution in [2.45, 2.75) is 51.3 Å². The first kappa shape index (κ1) is 19.7. The van der Waals surface area contributed by atoms with Crippen LogP contribution in [-0.2, 0) is 11.3 Å². The molecular formula is C20H30IN3O2. The highest BCUT2D eigenvalue weighted by atomic mass is 127. The van der Waals surface area contributed by atoms with Gasteiger partial charge < -0.3 is 20.1 Å². The van der Waals surface area contributed by atoms with Gasteiger partial charge in [0.2, 0.25) is 0 Å². The van der Waals surface area contributed by atoms with Crippen molar-refractivity contribution in [2.24, 2.45) is 16.3 Å². The van der Waals surface area contributed by atoms with E-state index in [-0.39, 0.29) is 24.0 Å². The van der Waals surface area contributed by atoms with Crippen molar-refractivity contribution < 1.29 is 9.47 Å². The molecule has 2 N–H and O–H groups in total. The Bertz CT molecular complexity index is 648. The second-order valence-corrected chi connectivity index (χ2v) is 7.50. The van der Waals surface area contributed by atoms with Crippen LogP contribution in [0.2, 0.25) is 0 Å². The summed E-state index contributed by atoms with van der Waals surface area (Å²) in [6.07, 6.45) is 5.59. The number of fused-ring (bicyclic) bond motifs is 2. The summed E-state index contributed by atoms with van der Waals surface area (Å²) in [6, 6.07) is 8.63. The number of aliphatic imine (C=N–C) groups is 1. The number of hydrogen-bond acceptors (Lipinski definition) is 3. The van der Waals surface area contributed by atoms with Crippen LogP contribution in [0.4, 0.5) is 0 Å². The highest BCUT2D eigenvalue weighted by molar-refractivity contribution is 14.0. The maximum absolute atomic E-state index is 6.02. The maximum Gasteiger partial charge on any atom is 0.191 e. The monoisotopic (exact) mass is 471 g/mol. The third-order valence-electron chi connectivity index (χ3n) is 6.23. The Morgan fingerprint density at radius 3 is 2.92 bits per heavy atom.